The number of hydrogen-bond acceptors (Lipinski definition) is 5. The lowest BCUT2D eigenvalue weighted by molar-refractivity contribution is -0.117. The van der Waals surface area contributed by atoms with E-state index in [1.165, 1.54) is 22.5 Å². The Labute approximate surface area is 202 Å². The van der Waals surface area contributed by atoms with Gasteiger partial charge in [0.15, 0.2) is 5.13 Å². The van der Waals surface area contributed by atoms with Crippen molar-refractivity contribution in [3.63, 3.8) is 0 Å². The first-order valence-corrected chi connectivity index (χ1v) is 12.3. The zero-order valence-electron chi connectivity index (χ0n) is 18.2. The van der Waals surface area contributed by atoms with Crippen LogP contribution in [0.5, 0.6) is 0 Å². The normalized spacial score (nSPS) is 15.2. The van der Waals surface area contributed by atoms with Gasteiger partial charge in [0.1, 0.15) is 0 Å². The third-order valence-electron chi connectivity index (χ3n) is 5.97. The predicted molar refractivity (Wildman–Crippen MR) is 136 cm³/mol. The maximum atomic E-state index is 12.7. The first-order chi connectivity index (χ1) is 16.2. The fraction of sp³-hybridized carbons (Fsp3) is 0.231. The average Bonchev–Trinajstić information content (AvgIpc) is 3.23. The molecule has 168 valence electrons. The van der Waals surface area contributed by atoms with Crippen molar-refractivity contribution in [2.75, 3.05) is 38.0 Å². The highest BCUT2D eigenvalue weighted by atomic mass is 35.5. The number of fused-ring (bicyclic) bond motifs is 1. The van der Waals surface area contributed by atoms with E-state index < -0.39 is 0 Å². The number of nitrogens with one attached hydrogen (secondary N) is 1. The Bertz CT molecular complexity index is 1180. The molecule has 0 spiro atoms. The lowest BCUT2D eigenvalue weighted by atomic mass is 9.96. The van der Waals surface area contributed by atoms with Gasteiger partial charge in [-0.1, -0.05) is 83.6 Å². The highest BCUT2D eigenvalue weighted by Gasteiger charge is 2.27. The van der Waals surface area contributed by atoms with Gasteiger partial charge in [0.05, 0.1) is 22.8 Å². The highest BCUT2D eigenvalue weighted by molar-refractivity contribution is 7.22. The molecule has 2 heterocycles. The van der Waals surface area contributed by atoms with E-state index in [-0.39, 0.29) is 11.9 Å². The van der Waals surface area contributed by atoms with Crippen LogP contribution in [0.4, 0.5) is 5.13 Å². The minimum Gasteiger partial charge on any atom is -0.301 e. The molecular weight excluding hydrogens is 452 g/mol. The molecule has 0 atom stereocenters. The second-order valence-electron chi connectivity index (χ2n) is 8.22. The van der Waals surface area contributed by atoms with Gasteiger partial charge in [-0.25, -0.2) is 4.98 Å². The van der Waals surface area contributed by atoms with Gasteiger partial charge in [0.25, 0.3) is 0 Å². The molecule has 0 unspecified atom stereocenters. The van der Waals surface area contributed by atoms with E-state index in [1.54, 1.807) is 0 Å². The van der Waals surface area contributed by atoms with Crippen LogP contribution in [0.15, 0.2) is 78.9 Å². The maximum absolute atomic E-state index is 12.7. The van der Waals surface area contributed by atoms with Gasteiger partial charge in [-0.3, -0.25) is 14.6 Å². The quantitative estimate of drug-likeness (QED) is 0.410. The largest absolute Gasteiger partial charge is 0.301 e. The summed E-state index contributed by atoms with van der Waals surface area (Å²) in [7, 11) is 0. The molecule has 33 heavy (non-hydrogen) atoms. The molecule has 3 aromatic carbocycles. The summed E-state index contributed by atoms with van der Waals surface area (Å²) in [5.74, 6) is -0.0312. The van der Waals surface area contributed by atoms with Crippen LogP contribution in [0, 0.1) is 0 Å². The number of halogens is 1. The van der Waals surface area contributed by atoms with Crippen molar-refractivity contribution in [2.45, 2.75) is 6.04 Å². The molecular formula is C26H25ClN4OS. The molecule has 1 N–H and O–H groups in total. The van der Waals surface area contributed by atoms with E-state index in [9.17, 15) is 4.79 Å². The highest BCUT2D eigenvalue weighted by Crippen LogP contribution is 2.30. The average molecular weight is 477 g/mol. The van der Waals surface area contributed by atoms with Gasteiger partial charge in [0, 0.05) is 31.2 Å². The number of aromatic nitrogens is 1. The van der Waals surface area contributed by atoms with Crippen LogP contribution in [-0.4, -0.2) is 53.4 Å². The number of benzene rings is 3. The Kier molecular flexibility index (Phi) is 6.69. The number of hydrogen-bond donors (Lipinski definition) is 1. The Hall–Kier alpha value is -2.77. The molecule has 1 aliphatic rings. The molecule has 0 bridgehead atoms. The Balaban J connectivity index is 1.21. The maximum Gasteiger partial charge on any atom is 0.240 e. The third-order valence-corrected chi connectivity index (χ3v) is 7.14. The molecule has 1 aromatic heterocycles. The number of piperazine rings is 1. The van der Waals surface area contributed by atoms with Gasteiger partial charge < -0.3 is 5.32 Å². The minimum absolute atomic E-state index is 0.0312. The van der Waals surface area contributed by atoms with Gasteiger partial charge in [0.2, 0.25) is 5.91 Å². The Morgan fingerprint density at radius 3 is 2.21 bits per heavy atom. The summed E-state index contributed by atoms with van der Waals surface area (Å²) >= 11 is 7.50. The summed E-state index contributed by atoms with van der Waals surface area (Å²) in [4.78, 5) is 21.9. The fourth-order valence-electron chi connectivity index (χ4n) is 4.38. The zero-order valence-corrected chi connectivity index (χ0v) is 19.7. The van der Waals surface area contributed by atoms with Crippen LogP contribution in [-0.2, 0) is 4.79 Å². The standard InChI is InChI=1S/C26H25ClN4OS/c27-21-11-12-22-23(17-21)33-26(28-22)29-24(32)18-30-13-15-31(16-14-30)25(19-7-3-1-4-8-19)20-9-5-2-6-10-20/h1-12,17,25H,13-16,18H2,(H,28,29,32). The first-order valence-electron chi connectivity index (χ1n) is 11.1. The van der Waals surface area contributed by atoms with E-state index in [4.69, 9.17) is 11.6 Å². The molecule has 0 aliphatic carbocycles. The molecule has 0 radical (unpaired) electrons. The Morgan fingerprint density at radius 1 is 0.939 bits per heavy atom. The van der Waals surface area contributed by atoms with E-state index in [2.05, 4.69) is 80.8 Å². The SMILES string of the molecule is O=C(CN1CCN(C(c2ccccc2)c2ccccc2)CC1)Nc1nc2ccc(Cl)cc2s1. The van der Waals surface area contributed by atoms with Crippen LogP contribution in [0.3, 0.4) is 0 Å². The number of carbonyl (C=O) groups excluding carboxylic acids is 1. The topological polar surface area (TPSA) is 48.5 Å². The van der Waals surface area contributed by atoms with E-state index in [0.717, 1.165) is 36.4 Å². The van der Waals surface area contributed by atoms with Crippen molar-refractivity contribution in [3.05, 3.63) is 95.0 Å². The van der Waals surface area contributed by atoms with Crippen LogP contribution in [0.1, 0.15) is 17.2 Å². The van der Waals surface area contributed by atoms with Gasteiger partial charge in [-0.2, -0.15) is 0 Å². The van der Waals surface area contributed by atoms with Crippen molar-refractivity contribution in [1.29, 1.82) is 0 Å². The number of thiazole rings is 1. The lowest BCUT2D eigenvalue weighted by Gasteiger charge is -2.39. The van der Waals surface area contributed by atoms with Crippen molar-refractivity contribution in [3.8, 4) is 0 Å². The molecule has 5 rings (SSSR count). The van der Waals surface area contributed by atoms with E-state index >= 15 is 0 Å². The number of nitrogens with zero attached hydrogens (tertiary/aromatic N) is 3. The summed E-state index contributed by atoms with van der Waals surface area (Å²) in [5, 5.41) is 4.24. The van der Waals surface area contributed by atoms with Gasteiger partial charge in [-0.15, -0.1) is 0 Å². The van der Waals surface area contributed by atoms with Crippen LogP contribution >= 0.6 is 22.9 Å². The smallest absolute Gasteiger partial charge is 0.240 e. The number of anilines is 1. The molecule has 7 heteroatoms. The third kappa shape index (κ3) is 5.25. The molecule has 1 saturated heterocycles. The molecule has 1 amide bonds. The van der Waals surface area contributed by atoms with Gasteiger partial charge in [-0.05, 0) is 29.3 Å². The summed E-state index contributed by atoms with van der Waals surface area (Å²) in [5.41, 5.74) is 3.44. The second-order valence-corrected chi connectivity index (χ2v) is 9.68. The molecule has 0 saturated carbocycles. The fourth-order valence-corrected chi connectivity index (χ4v) is 5.54. The summed E-state index contributed by atoms with van der Waals surface area (Å²) in [6.07, 6.45) is 0. The van der Waals surface area contributed by atoms with Crippen molar-refractivity contribution < 1.29 is 4.79 Å². The van der Waals surface area contributed by atoms with Crippen LogP contribution in [0.2, 0.25) is 5.02 Å². The van der Waals surface area contributed by atoms with Crippen molar-refractivity contribution in [1.82, 2.24) is 14.8 Å². The monoisotopic (exact) mass is 476 g/mol. The van der Waals surface area contributed by atoms with Crippen LogP contribution < -0.4 is 5.32 Å². The number of rotatable bonds is 6. The Morgan fingerprint density at radius 2 is 1.58 bits per heavy atom. The number of amides is 1. The second kappa shape index (κ2) is 10.0. The molecule has 1 aliphatic heterocycles. The van der Waals surface area contributed by atoms with E-state index in [0.29, 0.717) is 16.7 Å². The zero-order chi connectivity index (χ0) is 22.6. The van der Waals surface area contributed by atoms with Crippen molar-refractivity contribution in [2.24, 2.45) is 0 Å². The predicted octanol–water partition coefficient (Wildman–Crippen LogP) is 5.30. The first kappa shape index (κ1) is 22.0. The summed E-state index contributed by atoms with van der Waals surface area (Å²) in [6.45, 7) is 3.87. The molecule has 1 fully saturated rings. The van der Waals surface area contributed by atoms with E-state index in [1.807, 2.05) is 18.2 Å². The van der Waals surface area contributed by atoms with Crippen molar-refractivity contribution >= 4 is 44.2 Å². The summed E-state index contributed by atoms with van der Waals surface area (Å²) < 4.78 is 0.972. The summed E-state index contributed by atoms with van der Waals surface area (Å²) in [6, 6.07) is 27.1. The molecule has 4 aromatic rings. The lowest BCUT2D eigenvalue weighted by Crippen LogP contribution is -2.49. The van der Waals surface area contributed by atoms with Crippen LogP contribution in [0.25, 0.3) is 10.2 Å². The minimum atomic E-state index is -0.0312. The number of carbonyl (C=O) groups is 1. The molecule has 5 nitrogen and oxygen atoms in total. The van der Waals surface area contributed by atoms with Gasteiger partial charge >= 0.3 is 0 Å².